The molecule has 10 nitrogen and oxygen atoms in total. The van der Waals surface area contributed by atoms with E-state index in [0.29, 0.717) is 25.9 Å². The maximum absolute atomic E-state index is 12.8. The van der Waals surface area contributed by atoms with Crippen LogP contribution in [0.2, 0.25) is 0 Å². The summed E-state index contributed by atoms with van der Waals surface area (Å²) >= 11 is 0. The Morgan fingerprint density at radius 1 is 1.35 bits per heavy atom. The molecule has 1 saturated heterocycles. The molecule has 0 aliphatic carbocycles. The van der Waals surface area contributed by atoms with Gasteiger partial charge in [-0.2, -0.15) is 0 Å². The first-order chi connectivity index (χ1) is 14.7. The highest BCUT2D eigenvalue weighted by atomic mass is 31.2. The van der Waals surface area contributed by atoms with E-state index in [4.69, 9.17) is 9.79 Å². The van der Waals surface area contributed by atoms with Gasteiger partial charge in [-0.25, -0.2) is 4.57 Å². The fraction of sp³-hybridized carbons (Fsp3) is 0.500. The van der Waals surface area contributed by atoms with E-state index in [1.165, 1.54) is 6.92 Å². The zero-order valence-electron chi connectivity index (χ0n) is 17.4. The Labute approximate surface area is 180 Å². The van der Waals surface area contributed by atoms with Crippen molar-refractivity contribution in [3.05, 3.63) is 36.0 Å². The molecule has 0 saturated carbocycles. The number of amides is 2. The second-order valence-corrected chi connectivity index (χ2v) is 8.98. The highest BCUT2D eigenvalue weighted by Crippen LogP contribution is 2.35. The number of H-pyrrole nitrogens is 1. The van der Waals surface area contributed by atoms with Crippen molar-refractivity contribution >= 4 is 30.5 Å². The van der Waals surface area contributed by atoms with Crippen molar-refractivity contribution in [3.63, 3.8) is 0 Å². The summed E-state index contributed by atoms with van der Waals surface area (Å²) in [5.41, 5.74) is 2.20. The second-order valence-electron chi connectivity index (χ2n) is 7.74. The Hall–Kier alpha value is -2.23. The van der Waals surface area contributed by atoms with Crippen molar-refractivity contribution in [1.82, 2.24) is 20.5 Å². The van der Waals surface area contributed by atoms with Gasteiger partial charge in [-0.3, -0.25) is 19.0 Å². The molecule has 3 rings (SSSR count). The van der Waals surface area contributed by atoms with E-state index in [9.17, 15) is 14.2 Å². The number of para-hydroxylation sites is 1. The molecule has 170 valence electrons. The molecule has 1 aromatic heterocycles. The number of fused-ring (bicyclic) bond motifs is 1. The molecule has 1 aromatic carbocycles. The summed E-state index contributed by atoms with van der Waals surface area (Å²) in [6.07, 6.45) is 4.17. The van der Waals surface area contributed by atoms with E-state index in [1.54, 1.807) is 0 Å². The van der Waals surface area contributed by atoms with Gasteiger partial charge >= 0.3 is 7.82 Å². The maximum Gasteiger partial charge on any atom is 0.469 e. The van der Waals surface area contributed by atoms with Gasteiger partial charge in [0.05, 0.1) is 18.7 Å². The lowest BCUT2D eigenvalue weighted by molar-refractivity contribution is -0.125. The third kappa shape index (κ3) is 6.88. The number of carbonyl (C=O) groups excluding carboxylic acids is 2. The molecule has 0 unspecified atom stereocenters. The van der Waals surface area contributed by atoms with Gasteiger partial charge in [0.1, 0.15) is 0 Å². The summed E-state index contributed by atoms with van der Waals surface area (Å²) in [6.45, 7) is 2.41. The smallest absolute Gasteiger partial charge is 0.361 e. The monoisotopic (exact) mass is 452 g/mol. The number of aromatic nitrogens is 1. The quantitative estimate of drug-likeness (QED) is 0.337. The zero-order chi connectivity index (χ0) is 22.4. The van der Waals surface area contributed by atoms with Crippen LogP contribution in [-0.2, 0) is 25.1 Å². The lowest BCUT2D eigenvalue weighted by atomic mass is 10.1. The Balaban J connectivity index is 1.53. The van der Waals surface area contributed by atoms with E-state index in [-0.39, 0.29) is 31.0 Å². The molecule has 1 aliphatic heterocycles. The summed E-state index contributed by atoms with van der Waals surface area (Å²) in [4.78, 5) is 47.2. The number of hydrogen-bond acceptors (Lipinski definition) is 5. The third-order valence-corrected chi connectivity index (χ3v) is 5.83. The van der Waals surface area contributed by atoms with Crippen LogP contribution >= 0.6 is 7.82 Å². The number of nitrogens with zero attached hydrogens (tertiary/aromatic N) is 1. The standard InChI is InChI=1S/C20H29N4O6P/c1-14(25)23-16(13-30-31(27,28)29)12-24-10-4-7-19(24)20(26)21-9-8-15-11-22-18-6-3-2-5-17(15)18/h2-3,5-6,11,16,19,22H,4,7-10,12-13H2,1H3,(H,21,26)(H,23,25)(H2,27,28,29)/t16-,19+/m1/s1. The number of phosphoric acid groups is 1. The summed E-state index contributed by atoms with van der Waals surface area (Å²) in [5.74, 6) is -0.423. The molecule has 0 bridgehead atoms. The molecule has 1 fully saturated rings. The topological polar surface area (TPSA) is 144 Å². The van der Waals surface area contributed by atoms with E-state index in [0.717, 1.165) is 22.9 Å². The maximum atomic E-state index is 12.8. The first kappa shape index (κ1) is 23.4. The molecule has 2 aromatic rings. The van der Waals surface area contributed by atoms with Crippen LogP contribution in [0.5, 0.6) is 0 Å². The van der Waals surface area contributed by atoms with Gasteiger partial charge in [0.15, 0.2) is 0 Å². The minimum atomic E-state index is -4.65. The molecule has 2 amide bonds. The predicted octanol–water partition coefficient (Wildman–Crippen LogP) is 0.905. The van der Waals surface area contributed by atoms with Crippen molar-refractivity contribution < 1.29 is 28.5 Å². The molecule has 1 aliphatic rings. The Morgan fingerprint density at radius 3 is 2.87 bits per heavy atom. The van der Waals surface area contributed by atoms with Gasteiger partial charge in [-0.05, 0) is 37.4 Å². The van der Waals surface area contributed by atoms with Gasteiger partial charge in [0.2, 0.25) is 11.8 Å². The lowest BCUT2D eigenvalue weighted by Crippen LogP contribution is -2.50. The molecule has 31 heavy (non-hydrogen) atoms. The number of phosphoric ester groups is 1. The first-order valence-corrected chi connectivity index (χ1v) is 11.8. The van der Waals surface area contributed by atoms with Crippen molar-refractivity contribution in [2.75, 3.05) is 26.2 Å². The van der Waals surface area contributed by atoms with E-state index < -0.39 is 13.9 Å². The van der Waals surface area contributed by atoms with Gasteiger partial charge in [-0.15, -0.1) is 0 Å². The molecule has 2 heterocycles. The molecular formula is C20H29N4O6P. The fourth-order valence-corrected chi connectivity index (χ4v) is 4.39. The van der Waals surface area contributed by atoms with Crippen molar-refractivity contribution in [1.29, 1.82) is 0 Å². The van der Waals surface area contributed by atoms with Crippen LogP contribution in [-0.4, -0.2) is 69.8 Å². The van der Waals surface area contributed by atoms with Crippen LogP contribution in [0.4, 0.5) is 0 Å². The van der Waals surface area contributed by atoms with E-state index in [1.807, 2.05) is 35.4 Å². The number of hydrogen-bond donors (Lipinski definition) is 5. The Kier molecular flexibility index (Phi) is 7.85. The first-order valence-electron chi connectivity index (χ1n) is 10.3. The average molecular weight is 452 g/mol. The largest absolute Gasteiger partial charge is 0.469 e. The summed E-state index contributed by atoms with van der Waals surface area (Å²) in [5, 5.41) is 6.76. The van der Waals surface area contributed by atoms with Gasteiger partial charge in [-0.1, -0.05) is 18.2 Å². The Bertz CT molecular complexity index is 958. The number of rotatable bonds is 10. The van der Waals surface area contributed by atoms with Gasteiger partial charge < -0.3 is 25.4 Å². The van der Waals surface area contributed by atoms with Crippen LogP contribution in [0.25, 0.3) is 10.9 Å². The second kappa shape index (κ2) is 10.4. The minimum absolute atomic E-state index is 0.0881. The van der Waals surface area contributed by atoms with Crippen LogP contribution in [0.15, 0.2) is 30.5 Å². The number of likely N-dealkylation sites (tertiary alicyclic amines) is 1. The molecule has 2 atom stereocenters. The van der Waals surface area contributed by atoms with Gasteiger partial charge in [0, 0.05) is 37.1 Å². The summed E-state index contributed by atoms with van der Waals surface area (Å²) in [7, 11) is -4.65. The van der Waals surface area contributed by atoms with E-state index >= 15 is 0 Å². The highest BCUT2D eigenvalue weighted by Gasteiger charge is 2.32. The molecule has 5 N–H and O–H groups in total. The lowest BCUT2D eigenvalue weighted by Gasteiger charge is -2.28. The normalized spacial score (nSPS) is 18.2. The zero-order valence-corrected chi connectivity index (χ0v) is 18.3. The summed E-state index contributed by atoms with van der Waals surface area (Å²) in [6, 6.07) is 7.02. The molecule has 11 heteroatoms. The van der Waals surface area contributed by atoms with E-state index in [2.05, 4.69) is 20.1 Å². The summed E-state index contributed by atoms with van der Waals surface area (Å²) < 4.78 is 15.6. The highest BCUT2D eigenvalue weighted by molar-refractivity contribution is 7.46. The molecule has 0 spiro atoms. The number of aromatic amines is 1. The van der Waals surface area contributed by atoms with Crippen molar-refractivity contribution in [2.45, 2.75) is 38.3 Å². The molecular weight excluding hydrogens is 423 g/mol. The molecule has 0 radical (unpaired) electrons. The number of carbonyl (C=O) groups is 2. The van der Waals surface area contributed by atoms with Crippen molar-refractivity contribution in [2.24, 2.45) is 0 Å². The average Bonchev–Trinajstić information content (AvgIpc) is 3.32. The van der Waals surface area contributed by atoms with Crippen LogP contribution in [0, 0.1) is 0 Å². The van der Waals surface area contributed by atoms with Crippen LogP contribution < -0.4 is 10.6 Å². The predicted molar refractivity (Wildman–Crippen MR) is 115 cm³/mol. The van der Waals surface area contributed by atoms with Gasteiger partial charge in [0.25, 0.3) is 0 Å². The third-order valence-electron chi connectivity index (χ3n) is 5.34. The van der Waals surface area contributed by atoms with Crippen molar-refractivity contribution in [3.8, 4) is 0 Å². The number of nitrogens with one attached hydrogen (secondary N) is 3. The van der Waals surface area contributed by atoms with Crippen LogP contribution in [0.3, 0.4) is 0 Å². The Morgan fingerprint density at radius 2 is 2.13 bits per heavy atom. The SMILES string of the molecule is CC(=O)N[C@@H](COP(=O)(O)O)CN1CCC[C@H]1C(=O)NCCc1c[nH]c2ccccc12. The fourth-order valence-electron chi connectivity index (χ4n) is 4.02. The number of benzene rings is 1. The minimum Gasteiger partial charge on any atom is -0.361 e. The van der Waals surface area contributed by atoms with Crippen LogP contribution in [0.1, 0.15) is 25.3 Å².